The van der Waals surface area contributed by atoms with Crippen molar-refractivity contribution < 1.29 is 9.18 Å². The lowest BCUT2D eigenvalue weighted by molar-refractivity contribution is -0.127. The summed E-state index contributed by atoms with van der Waals surface area (Å²) in [6.45, 7) is 0.434. The van der Waals surface area contributed by atoms with E-state index in [9.17, 15) is 9.18 Å². The molecule has 1 amide bonds. The van der Waals surface area contributed by atoms with Crippen LogP contribution in [0.1, 0.15) is 16.7 Å². The zero-order chi connectivity index (χ0) is 21.2. The van der Waals surface area contributed by atoms with E-state index < -0.39 is 6.04 Å². The third-order valence-corrected chi connectivity index (χ3v) is 5.67. The molecule has 1 N–H and O–H groups in total. The molecule has 1 fully saturated rings. The Labute approximate surface area is 180 Å². The second-order valence-corrected chi connectivity index (χ2v) is 7.83. The van der Waals surface area contributed by atoms with E-state index in [1.807, 2.05) is 53.4 Å². The highest BCUT2D eigenvalue weighted by molar-refractivity contribution is 6.06. The molecule has 0 bridgehead atoms. The summed E-state index contributed by atoms with van der Waals surface area (Å²) in [7, 11) is 0. The molecule has 5 heteroatoms. The molecule has 0 radical (unpaired) electrons. The van der Waals surface area contributed by atoms with Crippen LogP contribution in [0.2, 0.25) is 0 Å². The van der Waals surface area contributed by atoms with Crippen molar-refractivity contribution in [2.75, 3.05) is 6.54 Å². The lowest BCUT2D eigenvalue weighted by Gasteiger charge is -2.25. The average molecular weight is 411 g/mol. The number of amides is 1. The van der Waals surface area contributed by atoms with Crippen molar-refractivity contribution in [1.29, 1.82) is 0 Å². The molecule has 4 nitrogen and oxygen atoms in total. The molecule has 1 atom stereocenters. The number of nitrogens with one attached hydrogen (secondary N) is 1. The van der Waals surface area contributed by atoms with Crippen LogP contribution in [0.5, 0.6) is 0 Å². The van der Waals surface area contributed by atoms with Crippen LogP contribution in [0.15, 0.2) is 101 Å². The van der Waals surface area contributed by atoms with E-state index in [4.69, 9.17) is 4.99 Å². The number of nitrogens with zero attached hydrogens (tertiary/aromatic N) is 2. The van der Waals surface area contributed by atoms with Gasteiger partial charge >= 0.3 is 0 Å². The number of hydrogen-bond donors (Lipinski definition) is 1. The molecular formula is C26H22FN3O. The van der Waals surface area contributed by atoms with Crippen molar-refractivity contribution in [3.63, 3.8) is 0 Å². The number of halogens is 1. The lowest BCUT2D eigenvalue weighted by Crippen LogP contribution is -2.36. The average Bonchev–Trinajstić information content (AvgIpc) is 3.12. The van der Waals surface area contributed by atoms with Gasteiger partial charge in [0.2, 0.25) is 0 Å². The molecule has 0 saturated carbocycles. The van der Waals surface area contributed by atoms with Gasteiger partial charge in [-0.15, -0.1) is 0 Å². The predicted octanol–water partition coefficient (Wildman–Crippen LogP) is 4.08. The number of fused-ring (bicyclic) bond motifs is 1. The summed E-state index contributed by atoms with van der Waals surface area (Å²) in [6, 6.07) is 26.0. The molecule has 0 aliphatic carbocycles. The Morgan fingerprint density at radius 2 is 1.58 bits per heavy atom. The molecule has 5 rings (SSSR count). The summed E-state index contributed by atoms with van der Waals surface area (Å²) in [5, 5.41) is 3.40. The molecule has 1 unspecified atom stereocenters. The zero-order valence-electron chi connectivity index (χ0n) is 17.0. The van der Waals surface area contributed by atoms with E-state index in [1.54, 1.807) is 12.1 Å². The molecule has 154 valence electrons. The third kappa shape index (κ3) is 3.99. The topological polar surface area (TPSA) is 44.7 Å². The largest absolute Gasteiger partial charge is 0.358 e. The van der Waals surface area contributed by atoms with E-state index in [-0.39, 0.29) is 11.7 Å². The van der Waals surface area contributed by atoms with E-state index in [2.05, 4.69) is 17.4 Å². The molecule has 2 aliphatic heterocycles. The Balaban J connectivity index is 1.48. The van der Waals surface area contributed by atoms with Crippen molar-refractivity contribution in [2.24, 2.45) is 4.99 Å². The van der Waals surface area contributed by atoms with E-state index in [0.29, 0.717) is 19.4 Å². The molecule has 31 heavy (non-hydrogen) atoms. The predicted molar refractivity (Wildman–Crippen MR) is 119 cm³/mol. The first-order valence-corrected chi connectivity index (χ1v) is 10.4. The minimum atomic E-state index is -0.392. The molecule has 0 aromatic heterocycles. The number of allylic oxidation sites excluding steroid dienone is 1. The van der Waals surface area contributed by atoms with Crippen LogP contribution in [0.25, 0.3) is 0 Å². The number of rotatable bonds is 5. The molecule has 3 aromatic carbocycles. The smallest absolute Gasteiger partial charge is 0.251 e. The molecule has 0 spiro atoms. The lowest BCUT2D eigenvalue weighted by atomic mass is 10.0. The van der Waals surface area contributed by atoms with Crippen molar-refractivity contribution >= 4 is 11.6 Å². The maximum Gasteiger partial charge on any atom is 0.251 e. The first kappa shape index (κ1) is 19.2. The van der Waals surface area contributed by atoms with Gasteiger partial charge in [0.15, 0.2) is 0 Å². The standard InChI is InChI=1S/C26H22FN3O/c27-21-13-11-19(12-14-21)16-23-26(31)30-17-24(20-9-5-2-6-10-20)28-22(25(30)29-23)15-18-7-3-1-4-8-18/h1-14,23,29H,15-17H2. The van der Waals surface area contributed by atoms with Gasteiger partial charge in [0.25, 0.3) is 5.91 Å². The fraction of sp³-hybridized carbons (Fsp3) is 0.154. The number of benzene rings is 3. The first-order chi connectivity index (χ1) is 15.2. The number of hydrogen-bond acceptors (Lipinski definition) is 3. The fourth-order valence-corrected chi connectivity index (χ4v) is 4.09. The van der Waals surface area contributed by atoms with Crippen LogP contribution in [-0.2, 0) is 17.6 Å². The maximum absolute atomic E-state index is 13.3. The van der Waals surface area contributed by atoms with Crippen LogP contribution in [0.4, 0.5) is 4.39 Å². The first-order valence-electron chi connectivity index (χ1n) is 10.4. The Bertz CT molecular complexity index is 1150. The van der Waals surface area contributed by atoms with Gasteiger partial charge in [-0.25, -0.2) is 4.39 Å². The van der Waals surface area contributed by atoms with Gasteiger partial charge < -0.3 is 5.32 Å². The van der Waals surface area contributed by atoms with Gasteiger partial charge in [0, 0.05) is 12.8 Å². The summed E-state index contributed by atoms with van der Waals surface area (Å²) in [4.78, 5) is 20.1. The van der Waals surface area contributed by atoms with Crippen molar-refractivity contribution in [3.8, 4) is 0 Å². The second-order valence-electron chi connectivity index (χ2n) is 7.83. The van der Waals surface area contributed by atoms with Crippen LogP contribution in [0.3, 0.4) is 0 Å². The summed E-state index contributed by atoms with van der Waals surface area (Å²) in [5.41, 5.74) is 4.81. The maximum atomic E-state index is 13.3. The van der Waals surface area contributed by atoms with Gasteiger partial charge in [-0.1, -0.05) is 72.8 Å². The van der Waals surface area contributed by atoms with Gasteiger partial charge in [-0.05, 0) is 28.8 Å². The van der Waals surface area contributed by atoms with Crippen molar-refractivity contribution in [2.45, 2.75) is 18.9 Å². The van der Waals surface area contributed by atoms with Gasteiger partial charge in [-0.2, -0.15) is 0 Å². The summed E-state index contributed by atoms with van der Waals surface area (Å²) in [6.07, 6.45) is 1.13. The van der Waals surface area contributed by atoms with Crippen LogP contribution >= 0.6 is 0 Å². The molecule has 2 heterocycles. The summed E-state index contributed by atoms with van der Waals surface area (Å²) >= 11 is 0. The minimum Gasteiger partial charge on any atom is -0.358 e. The van der Waals surface area contributed by atoms with E-state index in [0.717, 1.165) is 33.9 Å². The monoisotopic (exact) mass is 411 g/mol. The Morgan fingerprint density at radius 1 is 0.903 bits per heavy atom. The molecular weight excluding hydrogens is 389 g/mol. The van der Waals surface area contributed by atoms with Gasteiger partial charge in [-0.3, -0.25) is 14.7 Å². The van der Waals surface area contributed by atoms with Crippen LogP contribution < -0.4 is 5.32 Å². The molecule has 2 aliphatic rings. The minimum absolute atomic E-state index is 0.0215. The van der Waals surface area contributed by atoms with E-state index >= 15 is 0 Å². The summed E-state index contributed by atoms with van der Waals surface area (Å²) in [5.74, 6) is 0.523. The quantitative estimate of drug-likeness (QED) is 0.688. The Hall–Kier alpha value is -3.73. The Kier molecular flexibility index (Phi) is 5.08. The second kappa shape index (κ2) is 8.19. The molecule has 1 saturated heterocycles. The van der Waals surface area contributed by atoms with Gasteiger partial charge in [0.1, 0.15) is 17.7 Å². The fourth-order valence-electron chi connectivity index (χ4n) is 4.09. The SMILES string of the molecule is O=C1C(Cc2ccc(F)cc2)NC2=C(Cc3ccccc3)N=C(c3ccccc3)CN12. The van der Waals surface area contributed by atoms with Crippen molar-refractivity contribution in [1.82, 2.24) is 10.2 Å². The third-order valence-electron chi connectivity index (χ3n) is 5.67. The molecule has 3 aromatic rings. The number of carbonyl (C=O) groups excluding carboxylic acids is 1. The summed E-state index contributed by atoms with van der Waals surface area (Å²) < 4.78 is 13.3. The Morgan fingerprint density at radius 3 is 2.29 bits per heavy atom. The normalized spacial score (nSPS) is 18.0. The van der Waals surface area contributed by atoms with E-state index in [1.165, 1.54) is 12.1 Å². The van der Waals surface area contributed by atoms with Crippen LogP contribution in [-0.4, -0.2) is 29.1 Å². The number of aliphatic imine (C=N–C) groups is 1. The zero-order valence-corrected chi connectivity index (χ0v) is 17.0. The number of carbonyl (C=O) groups is 1. The highest BCUT2D eigenvalue weighted by Gasteiger charge is 2.39. The van der Waals surface area contributed by atoms with Crippen molar-refractivity contribution in [3.05, 3.63) is 119 Å². The van der Waals surface area contributed by atoms with Crippen LogP contribution in [0, 0.1) is 5.82 Å². The highest BCUT2D eigenvalue weighted by Crippen LogP contribution is 2.28. The van der Waals surface area contributed by atoms with Gasteiger partial charge in [0.05, 0.1) is 18.0 Å². The highest BCUT2D eigenvalue weighted by atomic mass is 19.1.